The van der Waals surface area contributed by atoms with E-state index in [2.05, 4.69) is 15.9 Å². The lowest BCUT2D eigenvalue weighted by Gasteiger charge is -2.33. The summed E-state index contributed by atoms with van der Waals surface area (Å²) in [6, 6.07) is 1.74. The van der Waals surface area contributed by atoms with Crippen LogP contribution < -0.4 is 0 Å². The van der Waals surface area contributed by atoms with Crippen molar-refractivity contribution in [3.63, 3.8) is 0 Å². The van der Waals surface area contributed by atoms with Gasteiger partial charge in [0.15, 0.2) is 0 Å². The summed E-state index contributed by atoms with van der Waals surface area (Å²) in [5.41, 5.74) is -1.27. The number of esters is 1. The normalized spacial score (nSPS) is 19.6. The summed E-state index contributed by atoms with van der Waals surface area (Å²) < 4.78 is 71.5. The van der Waals surface area contributed by atoms with E-state index in [4.69, 9.17) is 4.74 Å². The van der Waals surface area contributed by atoms with Gasteiger partial charge in [0.25, 0.3) is 0 Å². The second kappa shape index (κ2) is 7.63. The molecular weight excluding hydrogens is 427 g/mol. The molecule has 1 aromatic carbocycles. The molecule has 0 bridgehead atoms. The first-order valence-corrected chi connectivity index (χ1v) is 9.87. The van der Waals surface area contributed by atoms with Crippen LogP contribution in [-0.2, 0) is 25.7 Å². The minimum absolute atomic E-state index is 0.0286. The molecule has 5 nitrogen and oxygen atoms in total. The third-order valence-corrected chi connectivity index (χ3v) is 6.31. The van der Waals surface area contributed by atoms with Crippen LogP contribution in [0.2, 0.25) is 0 Å². The minimum Gasteiger partial charge on any atom is -0.465 e. The maximum atomic E-state index is 13.3. The summed E-state index contributed by atoms with van der Waals surface area (Å²) in [6.45, 7) is 1.62. The van der Waals surface area contributed by atoms with Crippen LogP contribution in [0.4, 0.5) is 13.2 Å². The van der Waals surface area contributed by atoms with Gasteiger partial charge >= 0.3 is 12.1 Å². The maximum Gasteiger partial charge on any atom is 0.417 e. The number of hydrogen-bond acceptors (Lipinski definition) is 4. The molecule has 10 heteroatoms. The lowest BCUT2D eigenvalue weighted by Crippen LogP contribution is -2.48. The molecule has 1 aromatic rings. The maximum absolute atomic E-state index is 13.3. The first-order chi connectivity index (χ1) is 11.6. The molecule has 0 radical (unpaired) electrons. The van der Waals surface area contributed by atoms with Crippen molar-refractivity contribution >= 4 is 31.9 Å². The number of carbonyl (C=O) groups excluding carboxylic acids is 1. The Morgan fingerprint density at radius 2 is 2.04 bits per heavy atom. The summed E-state index contributed by atoms with van der Waals surface area (Å²) in [5.74, 6) is -0.739. The smallest absolute Gasteiger partial charge is 0.417 e. The van der Waals surface area contributed by atoms with Gasteiger partial charge in [-0.05, 0) is 44.4 Å². The van der Waals surface area contributed by atoms with Crippen molar-refractivity contribution in [3.8, 4) is 0 Å². The van der Waals surface area contributed by atoms with Crippen LogP contribution in [-0.4, -0.2) is 37.9 Å². The molecule has 1 aliphatic rings. The molecule has 0 amide bonds. The van der Waals surface area contributed by atoms with Crippen molar-refractivity contribution in [2.45, 2.75) is 43.3 Å². The largest absolute Gasteiger partial charge is 0.465 e. The summed E-state index contributed by atoms with van der Waals surface area (Å²) >= 11 is 2.92. The fourth-order valence-corrected chi connectivity index (χ4v) is 4.94. The highest BCUT2D eigenvalue weighted by Gasteiger charge is 2.43. The zero-order valence-electron chi connectivity index (χ0n) is 13.3. The molecule has 1 fully saturated rings. The molecule has 1 heterocycles. The number of piperidine rings is 1. The number of benzene rings is 1. The number of hydrogen-bond donors (Lipinski definition) is 0. The molecule has 1 saturated heterocycles. The van der Waals surface area contributed by atoms with Crippen LogP contribution >= 0.6 is 15.9 Å². The van der Waals surface area contributed by atoms with E-state index in [1.807, 2.05) is 0 Å². The molecular formula is C15H17BrF3NO4S. The van der Waals surface area contributed by atoms with Crippen molar-refractivity contribution in [2.24, 2.45) is 0 Å². The number of nitrogens with zero attached hydrogens (tertiary/aromatic N) is 1. The Labute approximate surface area is 152 Å². The second-order valence-corrected chi connectivity index (χ2v) is 8.29. The molecule has 2 rings (SSSR count). The lowest BCUT2D eigenvalue weighted by molar-refractivity contribution is -0.148. The third-order valence-electron chi connectivity index (χ3n) is 3.85. The highest BCUT2D eigenvalue weighted by molar-refractivity contribution is 9.10. The average molecular weight is 444 g/mol. The molecule has 0 N–H and O–H groups in total. The Hall–Kier alpha value is -1.13. The molecule has 1 aliphatic heterocycles. The van der Waals surface area contributed by atoms with Crippen LogP contribution in [0.3, 0.4) is 0 Å². The Kier molecular flexibility index (Phi) is 6.16. The Morgan fingerprint density at radius 3 is 2.64 bits per heavy atom. The van der Waals surface area contributed by atoms with Crippen LogP contribution in [0.5, 0.6) is 0 Å². The zero-order chi connectivity index (χ0) is 18.8. The van der Waals surface area contributed by atoms with Gasteiger partial charge in [-0.15, -0.1) is 0 Å². The SMILES string of the molecule is CCOC(=O)C1CCCCN1S(=O)(=O)c1ccc(Br)cc1C(F)(F)F. The van der Waals surface area contributed by atoms with E-state index in [1.165, 1.54) is 6.07 Å². The van der Waals surface area contributed by atoms with Crippen LogP contribution in [0, 0.1) is 0 Å². The number of rotatable bonds is 4. The predicted molar refractivity (Wildman–Crippen MR) is 87.3 cm³/mol. The van der Waals surface area contributed by atoms with Gasteiger partial charge in [-0.1, -0.05) is 15.9 Å². The molecule has 0 saturated carbocycles. The van der Waals surface area contributed by atoms with E-state index in [0.29, 0.717) is 12.8 Å². The van der Waals surface area contributed by atoms with Gasteiger partial charge in [-0.25, -0.2) is 8.42 Å². The summed E-state index contributed by atoms with van der Waals surface area (Å²) in [4.78, 5) is 11.2. The summed E-state index contributed by atoms with van der Waals surface area (Å²) in [5, 5.41) is 0. The molecule has 0 spiro atoms. The Bertz CT molecular complexity index is 752. The molecule has 0 aliphatic carbocycles. The number of ether oxygens (including phenoxy) is 1. The quantitative estimate of drug-likeness (QED) is 0.667. The highest BCUT2D eigenvalue weighted by atomic mass is 79.9. The standard InChI is InChI=1S/C15H17BrF3NO4S/c1-2-24-14(21)12-5-3-4-8-20(12)25(22,23)13-7-6-10(16)9-11(13)15(17,18)19/h6-7,9,12H,2-5,8H2,1H3. The second-order valence-electron chi connectivity index (χ2n) is 5.52. The number of halogens is 4. The topological polar surface area (TPSA) is 63.7 Å². The van der Waals surface area contributed by atoms with Gasteiger partial charge in [0.05, 0.1) is 17.1 Å². The molecule has 1 atom stereocenters. The number of carbonyl (C=O) groups is 1. The average Bonchev–Trinajstić information content (AvgIpc) is 2.54. The van der Waals surface area contributed by atoms with Gasteiger partial charge in [0, 0.05) is 11.0 Å². The Morgan fingerprint density at radius 1 is 1.36 bits per heavy atom. The fourth-order valence-electron chi connectivity index (χ4n) is 2.74. The van der Waals surface area contributed by atoms with Crippen LogP contribution in [0.15, 0.2) is 27.6 Å². The van der Waals surface area contributed by atoms with E-state index < -0.39 is 38.7 Å². The van der Waals surface area contributed by atoms with Gasteiger partial charge in [0.1, 0.15) is 6.04 Å². The van der Waals surface area contributed by atoms with Gasteiger partial charge < -0.3 is 4.74 Å². The van der Waals surface area contributed by atoms with Crippen molar-refractivity contribution in [1.29, 1.82) is 0 Å². The Balaban J connectivity index is 2.52. The predicted octanol–water partition coefficient (Wildman–Crippen LogP) is 3.57. The first kappa shape index (κ1) is 20.2. The number of alkyl halides is 3. The van der Waals surface area contributed by atoms with Gasteiger partial charge in [-0.2, -0.15) is 17.5 Å². The van der Waals surface area contributed by atoms with E-state index in [0.717, 1.165) is 16.4 Å². The van der Waals surface area contributed by atoms with E-state index in [9.17, 15) is 26.4 Å². The summed E-state index contributed by atoms with van der Waals surface area (Å²) in [7, 11) is -4.51. The van der Waals surface area contributed by atoms with Crippen molar-refractivity contribution in [2.75, 3.05) is 13.2 Å². The third kappa shape index (κ3) is 4.35. The molecule has 1 unspecified atom stereocenters. The van der Waals surface area contributed by atoms with Crippen molar-refractivity contribution in [3.05, 3.63) is 28.2 Å². The van der Waals surface area contributed by atoms with Gasteiger partial charge in [0.2, 0.25) is 10.0 Å². The zero-order valence-corrected chi connectivity index (χ0v) is 15.7. The molecule has 25 heavy (non-hydrogen) atoms. The summed E-state index contributed by atoms with van der Waals surface area (Å²) in [6.07, 6.45) is -3.56. The van der Waals surface area contributed by atoms with E-state index in [-0.39, 0.29) is 24.0 Å². The minimum atomic E-state index is -4.85. The fraction of sp³-hybridized carbons (Fsp3) is 0.533. The first-order valence-electron chi connectivity index (χ1n) is 7.64. The molecule has 140 valence electrons. The lowest BCUT2D eigenvalue weighted by atomic mass is 10.1. The van der Waals surface area contributed by atoms with Crippen molar-refractivity contribution < 1.29 is 31.1 Å². The van der Waals surface area contributed by atoms with Crippen molar-refractivity contribution in [1.82, 2.24) is 4.31 Å². The highest BCUT2D eigenvalue weighted by Crippen LogP contribution is 2.38. The monoisotopic (exact) mass is 443 g/mol. The van der Waals surface area contributed by atoms with Crippen LogP contribution in [0.1, 0.15) is 31.7 Å². The van der Waals surface area contributed by atoms with Crippen LogP contribution in [0.25, 0.3) is 0 Å². The molecule has 0 aromatic heterocycles. The van der Waals surface area contributed by atoms with E-state index in [1.54, 1.807) is 6.92 Å². The van der Waals surface area contributed by atoms with E-state index >= 15 is 0 Å². The van der Waals surface area contributed by atoms with Gasteiger partial charge in [-0.3, -0.25) is 4.79 Å². The number of sulfonamides is 1.